The molecule has 0 fully saturated rings. The zero-order chi connectivity index (χ0) is 12.3. The average Bonchev–Trinajstić information content (AvgIpc) is 2.78. The minimum atomic E-state index is -0.311. The van der Waals surface area contributed by atoms with Gasteiger partial charge in [-0.25, -0.2) is 9.37 Å². The van der Waals surface area contributed by atoms with Crippen LogP contribution in [0.4, 0.5) is 4.39 Å². The molecule has 0 saturated carbocycles. The largest absolute Gasteiger partial charge is 0.395 e. The van der Waals surface area contributed by atoms with Crippen molar-refractivity contribution in [1.29, 1.82) is 0 Å². The molecule has 2 rings (SSSR count). The van der Waals surface area contributed by atoms with E-state index in [0.717, 1.165) is 5.01 Å². The van der Waals surface area contributed by atoms with Crippen LogP contribution in [0.5, 0.6) is 0 Å². The van der Waals surface area contributed by atoms with E-state index in [1.54, 1.807) is 23.6 Å². The molecule has 1 aromatic carbocycles. The Labute approximate surface area is 103 Å². The molecule has 3 nitrogen and oxygen atoms in total. The maximum Gasteiger partial charge on any atom is 0.132 e. The molecule has 17 heavy (non-hydrogen) atoms. The van der Waals surface area contributed by atoms with Crippen molar-refractivity contribution in [3.8, 4) is 11.3 Å². The van der Waals surface area contributed by atoms with Crippen molar-refractivity contribution in [2.45, 2.75) is 12.5 Å². The van der Waals surface area contributed by atoms with Crippen LogP contribution >= 0.6 is 11.3 Å². The van der Waals surface area contributed by atoms with Gasteiger partial charge in [0.25, 0.3) is 0 Å². The Hall–Kier alpha value is -1.30. The van der Waals surface area contributed by atoms with Gasteiger partial charge in [-0.05, 0) is 12.1 Å². The fraction of sp³-hybridized carbons (Fsp3) is 0.250. The van der Waals surface area contributed by atoms with Crippen LogP contribution in [0.1, 0.15) is 5.01 Å². The molecule has 1 aromatic heterocycles. The van der Waals surface area contributed by atoms with Gasteiger partial charge in [-0.2, -0.15) is 0 Å². The second kappa shape index (κ2) is 5.35. The fourth-order valence-electron chi connectivity index (χ4n) is 1.49. The smallest absolute Gasteiger partial charge is 0.132 e. The first kappa shape index (κ1) is 12.2. The summed E-state index contributed by atoms with van der Waals surface area (Å²) in [4.78, 5) is 4.32. The standard InChI is InChI=1S/C12H13FN2OS/c13-10-4-2-1-3-9(10)11-7-17-12(15-11)5-8(14)6-16/h1-4,7-8,16H,5-6,14H2. The highest BCUT2D eigenvalue weighted by Gasteiger charge is 2.10. The lowest BCUT2D eigenvalue weighted by Crippen LogP contribution is -2.26. The van der Waals surface area contributed by atoms with Gasteiger partial charge in [0, 0.05) is 23.4 Å². The fourth-order valence-corrected chi connectivity index (χ4v) is 2.37. The van der Waals surface area contributed by atoms with Crippen molar-refractivity contribution in [1.82, 2.24) is 4.98 Å². The molecule has 2 aromatic rings. The lowest BCUT2D eigenvalue weighted by atomic mass is 10.1. The number of aliphatic hydroxyl groups excluding tert-OH is 1. The summed E-state index contributed by atoms with van der Waals surface area (Å²) in [6.07, 6.45) is 0.510. The number of hydrogen-bond donors (Lipinski definition) is 2. The van der Waals surface area contributed by atoms with Crippen LogP contribution < -0.4 is 5.73 Å². The van der Waals surface area contributed by atoms with E-state index in [-0.39, 0.29) is 18.5 Å². The Morgan fingerprint density at radius 2 is 2.18 bits per heavy atom. The lowest BCUT2D eigenvalue weighted by Gasteiger charge is -2.03. The summed E-state index contributed by atoms with van der Waals surface area (Å²) in [7, 11) is 0. The van der Waals surface area contributed by atoms with E-state index in [2.05, 4.69) is 4.98 Å². The molecule has 0 saturated heterocycles. The molecular formula is C12H13FN2OS. The molecule has 3 N–H and O–H groups in total. The third-order valence-electron chi connectivity index (χ3n) is 2.37. The summed E-state index contributed by atoms with van der Waals surface area (Å²) >= 11 is 1.43. The number of aromatic nitrogens is 1. The molecule has 0 bridgehead atoms. The van der Waals surface area contributed by atoms with Crippen molar-refractivity contribution in [2.75, 3.05) is 6.61 Å². The van der Waals surface area contributed by atoms with Crippen molar-refractivity contribution in [3.05, 3.63) is 40.5 Å². The second-order valence-corrected chi connectivity index (χ2v) is 4.70. The van der Waals surface area contributed by atoms with E-state index in [0.29, 0.717) is 17.7 Å². The van der Waals surface area contributed by atoms with Gasteiger partial charge in [0.05, 0.1) is 17.3 Å². The highest BCUT2D eigenvalue weighted by molar-refractivity contribution is 7.09. The van der Waals surface area contributed by atoms with Crippen LogP contribution in [0.3, 0.4) is 0 Å². The van der Waals surface area contributed by atoms with E-state index < -0.39 is 0 Å². The quantitative estimate of drug-likeness (QED) is 0.872. The molecule has 0 spiro atoms. The molecule has 5 heteroatoms. The van der Waals surface area contributed by atoms with Crippen molar-refractivity contribution in [3.63, 3.8) is 0 Å². The van der Waals surface area contributed by atoms with E-state index in [9.17, 15) is 4.39 Å². The van der Waals surface area contributed by atoms with E-state index in [4.69, 9.17) is 10.8 Å². The third-order valence-corrected chi connectivity index (χ3v) is 3.24. The summed E-state index contributed by atoms with van der Waals surface area (Å²) in [6.45, 7) is -0.0748. The van der Waals surface area contributed by atoms with Crippen molar-refractivity contribution < 1.29 is 9.50 Å². The van der Waals surface area contributed by atoms with E-state index in [1.165, 1.54) is 17.4 Å². The Morgan fingerprint density at radius 3 is 2.88 bits per heavy atom. The number of thiazole rings is 1. The molecule has 1 heterocycles. The van der Waals surface area contributed by atoms with Crippen LogP contribution in [0.2, 0.25) is 0 Å². The van der Waals surface area contributed by atoms with Gasteiger partial charge in [-0.3, -0.25) is 0 Å². The number of aliphatic hydroxyl groups is 1. The van der Waals surface area contributed by atoms with Gasteiger partial charge >= 0.3 is 0 Å². The molecule has 0 radical (unpaired) electrons. The molecule has 0 aliphatic rings. The van der Waals surface area contributed by atoms with Gasteiger partial charge in [0.2, 0.25) is 0 Å². The normalized spacial score (nSPS) is 12.6. The number of nitrogens with zero attached hydrogens (tertiary/aromatic N) is 1. The minimum absolute atomic E-state index is 0.0748. The SMILES string of the molecule is NC(CO)Cc1nc(-c2ccccc2F)cs1. The van der Waals surface area contributed by atoms with Crippen molar-refractivity contribution in [2.24, 2.45) is 5.73 Å². The lowest BCUT2D eigenvalue weighted by molar-refractivity contribution is 0.265. The zero-order valence-electron chi connectivity index (χ0n) is 9.14. The minimum Gasteiger partial charge on any atom is -0.395 e. The van der Waals surface area contributed by atoms with Gasteiger partial charge in [-0.1, -0.05) is 12.1 Å². The predicted molar refractivity (Wildman–Crippen MR) is 66.3 cm³/mol. The Kier molecular flexibility index (Phi) is 3.83. The third kappa shape index (κ3) is 2.88. The first-order chi connectivity index (χ1) is 8.20. The van der Waals surface area contributed by atoms with E-state index in [1.807, 2.05) is 0 Å². The number of halogens is 1. The van der Waals surface area contributed by atoms with Crippen LogP contribution in [0.15, 0.2) is 29.6 Å². The number of rotatable bonds is 4. The van der Waals surface area contributed by atoms with Crippen molar-refractivity contribution >= 4 is 11.3 Å². The van der Waals surface area contributed by atoms with Gasteiger partial charge in [0.1, 0.15) is 5.82 Å². The van der Waals surface area contributed by atoms with Gasteiger partial charge < -0.3 is 10.8 Å². The number of hydrogen-bond acceptors (Lipinski definition) is 4. The second-order valence-electron chi connectivity index (χ2n) is 3.75. The topological polar surface area (TPSA) is 59.1 Å². The van der Waals surface area contributed by atoms with Gasteiger partial charge in [-0.15, -0.1) is 11.3 Å². The van der Waals surface area contributed by atoms with Crippen LogP contribution in [0, 0.1) is 5.82 Å². The maximum absolute atomic E-state index is 13.5. The predicted octanol–water partition coefficient (Wildman–Crippen LogP) is 1.81. The monoisotopic (exact) mass is 252 g/mol. The number of nitrogens with two attached hydrogens (primary N) is 1. The molecule has 90 valence electrons. The molecule has 1 atom stereocenters. The average molecular weight is 252 g/mol. The maximum atomic E-state index is 13.5. The Morgan fingerprint density at radius 1 is 1.41 bits per heavy atom. The molecule has 0 amide bonds. The number of benzene rings is 1. The van der Waals surface area contributed by atoms with Crippen LogP contribution in [0.25, 0.3) is 11.3 Å². The zero-order valence-corrected chi connectivity index (χ0v) is 9.95. The summed E-state index contributed by atoms with van der Waals surface area (Å²) < 4.78 is 13.5. The first-order valence-electron chi connectivity index (χ1n) is 5.26. The van der Waals surface area contributed by atoms with Crippen LogP contribution in [-0.4, -0.2) is 22.7 Å². The molecule has 1 unspecified atom stereocenters. The summed E-state index contributed by atoms with van der Waals surface area (Å²) in [5, 5.41) is 11.5. The molecular weight excluding hydrogens is 239 g/mol. The summed E-state index contributed by atoms with van der Waals surface area (Å²) in [5.74, 6) is -0.282. The molecule has 0 aliphatic carbocycles. The van der Waals surface area contributed by atoms with E-state index >= 15 is 0 Å². The first-order valence-corrected chi connectivity index (χ1v) is 6.14. The highest BCUT2D eigenvalue weighted by Crippen LogP contribution is 2.24. The summed E-state index contributed by atoms with van der Waals surface area (Å²) in [5.41, 5.74) is 6.74. The molecule has 0 aliphatic heterocycles. The summed E-state index contributed by atoms with van der Waals surface area (Å²) in [6, 6.07) is 6.22. The Bertz CT molecular complexity index is 501. The van der Waals surface area contributed by atoms with Crippen LogP contribution in [-0.2, 0) is 6.42 Å². The van der Waals surface area contributed by atoms with Gasteiger partial charge in [0.15, 0.2) is 0 Å². The Balaban J connectivity index is 2.21. The highest BCUT2D eigenvalue weighted by atomic mass is 32.1.